The number of nitrogens with zero attached hydrogens (tertiary/aromatic N) is 2. The molecule has 1 N–H and O–H groups in total. The van der Waals surface area contributed by atoms with Gasteiger partial charge in [0.25, 0.3) is 0 Å². The van der Waals surface area contributed by atoms with E-state index >= 15 is 0 Å². The summed E-state index contributed by atoms with van der Waals surface area (Å²) in [6.07, 6.45) is 0. The lowest BCUT2D eigenvalue weighted by Gasteiger charge is -2.11. The Bertz CT molecular complexity index is 603. The van der Waals surface area contributed by atoms with Gasteiger partial charge in [-0.25, -0.2) is 0 Å². The van der Waals surface area contributed by atoms with Crippen molar-refractivity contribution >= 4 is 39.7 Å². The standard InChI is InChI=1S/C11H11BrClN3S/c1-6(2)16-10(14-15-11(16)17)8-5-7(12)3-4-9(8)13/h3-6H,1-2H3,(H,15,17). The predicted molar refractivity (Wildman–Crippen MR) is 75.9 cm³/mol. The maximum atomic E-state index is 6.19. The molecule has 6 heteroatoms. The average molecular weight is 333 g/mol. The lowest BCUT2D eigenvalue weighted by Crippen LogP contribution is -2.03. The predicted octanol–water partition coefficient (Wildman–Crippen LogP) is 4.60. The summed E-state index contributed by atoms with van der Waals surface area (Å²) in [4.78, 5) is 0. The first kappa shape index (κ1) is 12.8. The van der Waals surface area contributed by atoms with E-state index in [0.717, 1.165) is 15.9 Å². The second kappa shape index (κ2) is 4.92. The first-order chi connectivity index (χ1) is 8.00. The number of aromatic nitrogens is 3. The third-order valence-corrected chi connectivity index (χ3v) is 3.50. The van der Waals surface area contributed by atoms with E-state index in [9.17, 15) is 0 Å². The fourth-order valence-electron chi connectivity index (χ4n) is 1.64. The Morgan fingerprint density at radius 2 is 2.18 bits per heavy atom. The highest BCUT2D eigenvalue weighted by Gasteiger charge is 2.14. The van der Waals surface area contributed by atoms with Crippen molar-refractivity contribution in [3.05, 3.63) is 32.5 Å². The van der Waals surface area contributed by atoms with Gasteiger partial charge in [-0.1, -0.05) is 27.5 Å². The van der Waals surface area contributed by atoms with Crippen LogP contribution in [0, 0.1) is 4.77 Å². The molecule has 3 nitrogen and oxygen atoms in total. The quantitative estimate of drug-likeness (QED) is 0.815. The minimum atomic E-state index is 0.228. The molecule has 0 aliphatic rings. The maximum Gasteiger partial charge on any atom is 0.195 e. The highest BCUT2D eigenvalue weighted by atomic mass is 79.9. The number of H-pyrrole nitrogens is 1. The van der Waals surface area contributed by atoms with Crippen LogP contribution in [0.1, 0.15) is 19.9 Å². The van der Waals surface area contributed by atoms with Crippen molar-refractivity contribution in [3.63, 3.8) is 0 Å². The number of hydrogen-bond donors (Lipinski definition) is 1. The second-order valence-electron chi connectivity index (χ2n) is 3.94. The molecule has 2 aromatic rings. The van der Waals surface area contributed by atoms with Gasteiger partial charge in [-0.15, -0.1) is 0 Å². The number of aromatic amines is 1. The Kier molecular flexibility index (Phi) is 3.70. The molecule has 0 aliphatic heterocycles. The zero-order valence-corrected chi connectivity index (χ0v) is 12.5. The zero-order chi connectivity index (χ0) is 12.6. The van der Waals surface area contributed by atoms with Crippen LogP contribution in [0.5, 0.6) is 0 Å². The Morgan fingerprint density at radius 3 is 2.82 bits per heavy atom. The summed E-state index contributed by atoms with van der Waals surface area (Å²) in [5.41, 5.74) is 0.863. The molecule has 0 atom stereocenters. The topological polar surface area (TPSA) is 33.6 Å². The summed E-state index contributed by atoms with van der Waals surface area (Å²) >= 11 is 14.8. The molecule has 0 aliphatic carbocycles. The number of nitrogens with one attached hydrogen (secondary N) is 1. The van der Waals surface area contributed by atoms with E-state index in [-0.39, 0.29) is 6.04 Å². The molecule has 2 rings (SSSR count). The lowest BCUT2D eigenvalue weighted by atomic mass is 10.2. The van der Waals surface area contributed by atoms with Gasteiger partial charge in [-0.3, -0.25) is 9.67 Å². The molecule has 0 radical (unpaired) electrons. The Hall–Kier alpha value is -0.650. The molecule has 0 bridgehead atoms. The van der Waals surface area contributed by atoms with Gasteiger partial charge >= 0.3 is 0 Å². The van der Waals surface area contributed by atoms with Crippen LogP contribution in [-0.2, 0) is 0 Å². The van der Waals surface area contributed by atoms with E-state index in [1.165, 1.54) is 0 Å². The Morgan fingerprint density at radius 1 is 1.47 bits per heavy atom. The van der Waals surface area contributed by atoms with Gasteiger partial charge in [0.15, 0.2) is 10.6 Å². The molecule has 1 heterocycles. The largest absolute Gasteiger partial charge is 0.298 e. The number of hydrogen-bond acceptors (Lipinski definition) is 2. The van der Waals surface area contributed by atoms with Crippen molar-refractivity contribution in [3.8, 4) is 11.4 Å². The Balaban J connectivity index is 2.69. The van der Waals surface area contributed by atoms with Crippen molar-refractivity contribution in [2.75, 3.05) is 0 Å². The van der Waals surface area contributed by atoms with Crippen molar-refractivity contribution in [1.82, 2.24) is 14.8 Å². The van der Waals surface area contributed by atoms with E-state index in [2.05, 4.69) is 40.0 Å². The summed E-state index contributed by atoms with van der Waals surface area (Å²) in [7, 11) is 0. The summed E-state index contributed by atoms with van der Waals surface area (Å²) in [5, 5.41) is 7.71. The lowest BCUT2D eigenvalue weighted by molar-refractivity contribution is 0.597. The molecule has 0 amide bonds. The van der Waals surface area contributed by atoms with E-state index in [0.29, 0.717) is 9.79 Å². The third-order valence-electron chi connectivity index (χ3n) is 2.39. The fourth-order valence-corrected chi connectivity index (χ4v) is 2.55. The average Bonchev–Trinajstić information content (AvgIpc) is 2.64. The van der Waals surface area contributed by atoms with Crippen LogP contribution < -0.4 is 0 Å². The minimum absolute atomic E-state index is 0.228. The van der Waals surface area contributed by atoms with Gasteiger partial charge in [0.2, 0.25) is 0 Å². The third kappa shape index (κ3) is 2.46. The Labute approximate surface area is 118 Å². The van der Waals surface area contributed by atoms with E-state index in [1.807, 2.05) is 22.8 Å². The highest BCUT2D eigenvalue weighted by Crippen LogP contribution is 2.30. The monoisotopic (exact) mass is 331 g/mol. The second-order valence-corrected chi connectivity index (χ2v) is 5.65. The molecule has 0 unspecified atom stereocenters. The normalized spacial score (nSPS) is 11.1. The van der Waals surface area contributed by atoms with E-state index < -0.39 is 0 Å². The number of rotatable bonds is 2. The molecule has 0 saturated heterocycles. The molecular weight excluding hydrogens is 322 g/mol. The van der Waals surface area contributed by atoms with Gasteiger partial charge in [0.05, 0.1) is 5.02 Å². The summed E-state index contributed by atoms with van der Waals surface area (Å²) < 4.78 is 3.51. The van der Waals surface area contributed by atoms with Gasteiger partial charge in [-0.05, 0) is 44.3 Å². The van der Waals surface area contributed by atoms with Gasteiger partial charge in [0.1, 0.15) is 0 Å². The number of benzene rings is 1. The molecule has 1 aromatic heterocycles. The van der Waals surface area contributed by atoms with Crippen LogP contribution in [0.25, 0.3) is 11.4 Å². The van der Waals surface area contributed by atoms with Crippen LogP contribution in [0.4, 0.5) is 0 Å². The van der Waals surface area contributed by atoms with Gasteiger partial charge < -0.3 is 0 Å². The van der Waals surface area contributed by atoms with Crippen LogP contribution in [-0.4, -0.2) is 14.8 Å². The molecule has 90 valence electrons. The van der Waals surface area contributed by atoms with Crippen molar-refractivity contribution < 1.29 is 0 Å². The number of halogens is 2. The first-order valence-corrected chi connectivity index (χ1v) is 6.71. The molecule has 17 heavy (non-hydrogen) atoms. The van der Waals surface area contributed by atoms with E-state index in [4.69, 9.17) is 23.8 Å². The minimum Gasteiger partial charge on any atom is -0.298 e. The van der Waals surface area contributed by atoms with Crippen molar-refractivity contribution in [2.45, 2.75) is 19.9 Å². The summed E-state index contributed by atoms with van der Waals surface area (Å²) in [6, 6.07) is 5.90. The van der Waals surface area contributed by atoms with E-state index in [1.54, 1.807) is 0 Å². The van der Waals surface area contributed by atoms with Gasteiger partial charge in [-0.2, -0.15) is 5.10 Å². The van der Waals surface area contributed by atoms with Crippen LogP contribution >= 0.6 is 39.7 Å². The molecule has 1 aromatic carbocycles. The van der Waals surface area contributed by atoms with Crippen molar-refractivity contribution in [1.29, 1.82) is 0 Å². The smallest absolute Gasteiger partial charge is 0.195 e. The first-order valence-electron chi connectivity index (χ1n) is 5.13. The van der Waals surface area contributed by atoms with Crippen LogP contribution in [0.2, 0.25) is 5.02 Å². The SMILES string of the molecule is CC(C)n1c(-c2cc(Br)ccc2Cl)n[nH]c1=S. The van der Waals surface area contributed by atoms with Crippen molar-refractivity contribution in [2.24, 2.45) is 0 Å². The summed E-state index contributed by atoms with van der Waals surface area (Å²) in [5.74, 6) is 0.760. The van der Waals surface area contributed by atoms with Crippen LogP contribution in [0.15, 0.2) is 22.7 Å². The van der Waals surface area contributed by atoms with Crippen LogP contribution in [0.3, 0.4) is 0 Å². The fraction of sp³-hybridized carbons (Fsp3) is 0.273. The molecule has 0 saturated carbocycles. The van der Waals surface area contributed by atoms with Gasteiger partial charge in [0, 0.05) is 16.1 Å². The maximum absolute atomic E-state index is 6.19. The highest BCUT2D eigenvalue weighted by molar-refractivity contribution is 9.10. The summed E-state index contributed by atoms with van der Waals surface area (Å²) in [6.45, 7) is 4.11. The molecular formula is C11H11BrClN3S. The zero-order valence-electron chi connectivity index (χ0n) is 9.37. The molecule has 0 spiro atoms. The molecule has 0 fully saturated rings.